The van der Waals surface area contributed by atoms with E-state index in [-0.39, 0.29) is 22.1 Å². The number of sulfone groups is 1. The molecule has 4 aliphatic rings. The molecule has 0 aliphatic heterocycles. The topological polar surface area (TPSA) is 80.7 Å². The first-order valence-electron chi connectivity index (χ1n) is 16.1. The van der Waals surface area contributed by atoms with Gasteiger partial charge in [0.05, 0.1) is 10.1 Å². The highest BCUT2D eigenvalue weighted by Gasteiger charge is 2.54. The molecule has 2 aromatic carbocycles. The zero-order valence-electron chi connectivity index (χ0n) is 27.4. The van der Waals surface area contributed by atoms with Crippen molar-refractivity contribution in [2.24, 2.45) is 17.8 Å². The van der Waals surface area contributed by atoms with Crippen molar-refractivity contribution < 1.29 is 22.7 Å². The standard InChI is InChI=1S/C37H49O5SSi/c1-24(16-33(38)39)15-30(43(40,41)29-11-9-8-10-12-29)17-25(2)31-13-14-32(36(3,4)5)34(35(31)42-44(6)7)37-21-26-18-27(22-37)20-28(19-26)23-37/h8-14,16-17,26-28,30H,15,18-23H2,1-7H3,(H,38,39). The molecule has 4 aliphatic carbocycles. The van der Waals surface area contributed by atoms with Gasteiger partial charge in [0.25, 0.3) is 9.04 Å². The molecule has 4 fully saturated rings. The van der Waals surface area contributed by atoms with Gasteiger partial charge in [-0.1, -0.05) is 62.8 Å². The van der Waals surface area contributed by atoms with Crippen LogP contribution in [0.3, 0.4) is 0 Å². The number of allylic oxidation sites excluding steroid dienone is 2. The van der Waals surface area contributed by atoms with E-state index in [0.29, 0.717) is 5.57 Å². The van der Waals surface area contributed by atoms with Crippen molar-refractivity contribution in [2.45, 2.75) is 114 Å². The fraction of sp³-hybridized carbons (Fsp3) is 0.541. The summed E-state index contributed by atoms with van der Waals surface area (Å²) in [6.07, 6.45) is 10.8. The molecule has 4 saturated carbocycles. The Kier molecular flexibility index (Phi) is 9.14. The summed E-state index contributed by atoms with van der Waals surface area (Å²) in [5.41, 5.74) is 5.07. The second kappa shape index (κ2) is 12.3. The first-order valence-corrected chi connectivity index (χ1v) is 20.1. The molecule has 1 N–H and O–H groups in total. The van der Waals surface area contributed by atoms with Crippen molar-refractivity contribution in [1.82, 2.24) is 0 Å². The molecule has 0 aromatic heterocycles. The van der Waals surface area contributed by atoms with Crippen LogP contribution in [0.25, 0.3) is 5.57 Å². The van der Waals surface area contributed by atoms with Crippen LogP contribution in [0.5, 0.6) is 5.75 Å². The number of carbonyl (C=O) groups is 1. The van der Waals surface area contributed by atoms with Gasteiger partial charge in [-0.15, -0.1) is 0 Å². The highest BCUT2D eigenvalue weighted by Crippen LogP contribution is 2.63. The van der Waals surface area contributed by atoms with Crippen molar-refractivity contribution in [3.8, 4) is 5.75 Å². The van der Waals surface area contributed by atoms with Gasteiger partial charge in [0, 0.05) is 22.6 Å². The first-order chi connectivity index (χ1) is 20.6. The van der Waals surface area contributed by atoms with Crippen LogP contribution in [0.15, 0.2) is 65.1 Å². The fourth-order valence-electron chi connectivity index (χ4n) is 8.77. The molecule has 2 aromatic rings. The quantitative estimate of drug-likeness (QED) is 0.209. The molecule has 5 nitrogen and oxygen atoms in total. The van der Waals surface area contributed by atoms with E-state index in [1.54, 1.807) is 37.3 Å². The fourth-order valence-corrected chi connectivity index (χ4v) is 11.1. The van der Waals surface area contributed by atoms with E-state index in [9.17, 15) is 18.3 Å². The van der Waals surface area contributed by atoms with Crippen LogP contribution in [-0.4, -0.2) is 33.8 Å². The molecule has 1 unspecified atom stereocenters. The van der Waals surface area contributed by atoms with Crippen LogP contribution in [0.2, 0.25) is 13.1 Å². The van der Waals surface area contributed by atoms with Crippen LogP contribution < -0.4 is 4.43 Å². The Hall–Kier alpha value is -2.64. The molecular weight excluding hydrogens is 585 g/mol. The zero-order valence-corrected chi connectivity index (χ0v) is 29.3. The van der Waals surface area contributed by atoms with Gasteiger partial charge < -0.3 is 9.53 Å². The predicted octanol–water partition coefficient (Wildman–Crippen LogP) is 8.75. The predicted molar refractivity (Wildman–Crippen MR) is 180 cm³/mol. The summed E-state index contributed by atoms with van der Waals surface area (Å²) in [6, 6.07) is 12.9. The van der Waals surface area contributed by atoms with E-state index in [1.807, 2.05) is 13.0 Å². The molecule has 4 bridgehead atoms. The lowest BCUT2D eigenvalue weighted by Gasteiger charge is -2.58. The van der Waals surface area contributed by atoms with Gasteiger partial charge in [-0.25, -0.2) is 13.2 Å². The van der Waals surface area contributed by atoms with Crippen LogP contribution in [-0.2, 0) is 25.5 Å². The lowest BCUT2D eigenvalue weighted by Crippen LogP contribution is -2.49. The van der Waals surface area contributed by atoms with Gasteiger partial charge in [-0.05, 0) is 118 Å². The highest BCUT2D eigenvalue weighted by atomic mass is 32.2. The summed E-state index contributed by atoms with van der Waals surface area (Å²) < 4.78 is 35.0. The minimum absolute atomic E-state index is 0.0702. The number of carboxylic acids is 1. The summed E-state index contributed by atoms with van der Waals surface area (Å²) in [5.74, 6) is 2.22. The Balaban J connectivity index is 1.70. The van der Waals surface area contributed by atoms with E-state index in [4.69, 9.17) is 4.43 Å². The molecule has 1 radical (unpaired) electrons. The molecule has 0 spiro atoms. The maximum atomic E-state index is 14.0. The number of aliphatic carboxylic acids is 1. The Labute approximate surface area is 266 Å². The summed E-state index contributed by atoms with van der Waals surface area (Å²) in [4.78, 5) is 11.7. The summed E-state index contributed by atoms with van der Waals surface area (Å²) >= 11 is 0. The van der Waals surface area contributed by atoms with Gasteiger partial charge in [-0.3, -0.25) is 0 Å². The Morgan fingerprint density at radius 1 is 1.00 bits per heavy atom. The normalized spacial score (nSPS) is 26.2. The molecular formula is C37H49O5SSi. The summed E-state index contributed by atoms with van der Waals surface area (Å²) in [7, 11) is -4.94. The van der Waals surface area contributed by atoms with E-state index in [1.165, 1.54) is 49.7 Å². The van der Waals surface area contributed by atoms with Crippen LogP contribution in [0.1, 0.15) is 96.3 Å². The number of hydrogen-bond donors (Lipinski definition) is 1. The number of benzene rings is 2. The molecule has 6 rings (SSSR count). The lowest BCUT2D eigenvalue weighted by atomic mass is 9.47. The molecule has 0 heterocycles. The van der Waals surface area contributed by atoms with Crippen molar-refractivity contribution in [2.75, 3.05) is 0 Å². The van der Waals surface area contributed by atoms with Gasteiger partial charge in [0.2, 0.25) is 0 Å². The van der Waals surface area contributed by atoms with Crippen molar-refractivity contribution >= 4 is 30.4 Å². The van der Waals surface area contributed by atoms with Crippen molar-refractivity contribution in [3.63, 3.8) is 0 Å². The van der Waals surface area contributed by atoms with Crippen LogP contribution >= 0.6 is 0 Å². The third-order valence-corrected chi connectivity index (χ3v) is 12.7. The number of hydrogen-bond acceptors (Lipinski definition) is 4. The summed E-state index contributed by atoms with van der Waals surface area (Å²) in [6.45, 7) is 14.9. The molecule has 237 valence electrons. The second-order valence-corrected chi connectivity index (χ2v) is 19.3. The van der Waals surface area contributed by atoms with E-state index >= 15 is 0 Å². The third-order valence-electron chi connectivity index (χ3n) is 10.1. The second-order valence-electron chi connectivity index (χ2n) is 15.1. The minimum atomic E-state index is -3.79. The Morgan fingerprint density at radius 2 is 1.57 bits per heavy atom. The monoisotopic (exact) mass is 633 g/mol. The highest BCUT2D eigenvalue weighted by molar-refractivity contribution is 7.92. The summed E-state index contributed by atoms with van der Waals surface area (Å²) in [5, 5.41) is 8.46. The van der Waals surface area contributed by atoms with Crippen molar-refractivity contribution in [1.29, 1.82) is 0 Å². The maximum Gasteiger partial charge on any atom is 0.328 e. The largest absolute Gasteiger partial charge is 0.542 e. The van der Waals surface area contributed by atoms with Gasteiger partial charge in [0.15, 0.2) is 9.84 Å². The van der Waals surface area contributed by atoms with Crippen LogP contribution in [0, 0.1) is 17.8 Å². The van der Waals surface area contributed by atoms with E-state index in [2.05, 4.69) is 46.0 Å². The van der Waals surface area contributed by atoms with Crippen LogP contribution in [0.4, 0.5) is 0 Å². The van der Waals surface area contributed by atoms with E-state index < -0.39 is 30.1 Å². The zero-order chi connectivity index (χ0) is 32.0. The average Bonchev–Trinajstić information content (AvgIpc) is 2.90. The SMILES string of the molecule is CC(=CC(=O)O)CC(C=C(C)c1ccc(C(C)(C)C)c(C23CC4CC(CC(C4)C2)C3)c1O[Si](C)C)S(=O)(=O)c1ccccc1. The van der Waals surface area contributed by atoms with Gasteiger partial charge in [0.1, 0.15) is 5.75 Å². The Morgan fingerprint density at radius 3 is 2.07 bits per heavy atom. The van der Waals surface area contributed by atoms with Gasteiger partial charge >= 0.3 is 5.97 Å². The molecule has 1 atom stereocenters. The molecule has 44 heavy (non-hydrogen) atoms. The molecule has 0 amide bonds. The van der Waals surface area contributed by atoms with Gasteiger partial charge in [-0.2, -0.15) is 0 Å². The molecule has 0 saturated heterocycles. The van der Waals surface area contributed by atoms with Crippen molar-refractivity contribution in [3.05, 3.63) is 76.9 Å². The lowest BCUT2D eigenvalue weighted by molar-refractivity contribution is -0.131. The number of rotatable bonds is 10. The first kappa shape index (κ1) is 32.7. The third kappa shape index (κ3) is 6.64. The Bertz CT molecular complexity index is 1530. The minimum Gasteiger partial charge on any atom is -0.542 e. The average molecular weight is 634 g/mol. The smallest absolute Gasteiger partial charge is 0.328 e. The maximum absolute atomic E-state index is 14.0. The number of carboxylic acid groups (broad SMARTS) is 1. The molecule has 7 heteroatoms. The van der Waals surface area contributed by atoms with E-state index in [0.717, 1.165) is 40.7 Å².